The van der Waals surface area contributed by atoms with Gasteiger partial charge in [0, 0.05) is 29.9 Å². The van der Waals surface area contributed by atoms with Crippen molar-refractivity contribution in [1.82, 2.24) is 4.98 Å². The molecule has 2 rings (SSSR count). The summed E-state index contributed by atoms with van der Waals surface area (Å²) in [5.41, 5.74) is 3.66. The second-order valence-corrected chi connectivity index (χ2v) is 7.67. The molecule has 0 aliphatic rings. The number of nitrogens with zero attached hydrogens (tertiary/aromatic N) is 2. The van der Waals surface area contributed by atoms with E-state index in [1.165, 1.54) is 5.69 Å². The van der Waals surface area contributed by atoms with Crippen LogP contribution >= 0.6 is 0 Å². The molecule has 1 N–H and O–H groups in total. The summed E-state index contributed by atoms with van der Waals surface area (Å²) in [5, 5.41) is 2.99. The highest BCUT2D eigenvalue weighted by Crippen LogP contribution is 2.25. The van der Waals surface area contributed by atoms with Gasteiger partial charge in [-0.2, -0.15) is 0 Å². The summed E-state index contributed by atoms with van der Waals surface area (Å²) in [7, 11) is 0. The Bertz CT molecular complexity index is 768. The van der Waals surface area contributed by atoms with Crippen LogP contribution in [0.25, 0.3) is 0 Å². The molecule has 5 heteroatoms. The molecule has 142 valence electrons. The number of amides is 1. The summed E-state index contributed by atoms with van der Waals surface area (Å²) in [5.74, 6) is 1.20. The van der Waals surface area contributed by atoms with Gasteiger partial charge in [-0.1, -0.05) is 20.8 Å². The lowest BCUT2D eigenvalue weighted by Crippen LogP contribution is -2.22. The van der Waals surface area contributed by atoms with Crippen LogP contribution in [-0.2, 0) is 16.6 Å². The van der Waals surface area contributed by atoms with Crippen LogP contribution in [0.1, 0.15) is 57.5 Å². The number of oxazole rings is 1. The minimum absolute atomic E-state index is 0.0941. The Balaban J connectivity index is 2.10. The molecule has 0 unspecified atom stereocenters. The monoisotopic (exact) mass is 357 g/mol. The highest BCUT2D eigenvalue weighted by Gasteiger charge is 2.23. The third-order valence-corrected chi connectivity index (χ3v) is 4.47. The Morgan fingerprint density at radius 2 is 1.85 bits per heavy atom. The van der Waals surface area contributed by atoms with E-state index < -0.39 is 0 Å². The number of carbonyl (C=O) groups is 1. The molecule has 1 amide bonds. The van der Waals surface area contributed by atoms with Crippen LogP contribution in [0.2, 0.25) is 0 Å². The third kappa shape index (κ3) is 4.65. The lowest BCUT2D eigenvalue weighted by atomic mass is 9.97. The molecule has 0 spiro atoms. The molecular formula is C21H31N3O2. The van der Waals surface area contributed by atoms with Gasteiger partial charge in [0.1, 0.15) is 5.76 Å². The smallest absolute Gasteiger partial charge is 0.232 e. The number of hydrogen-bond donors (Lipinski definition) is 1. The Morgan fingerprint density at radius 3 is 2.35 bits per heavy atom. The van der Waals surface area contributed by atoms with Crippen LogP contribution in [0.5, 0.6) is 0 Å². The van der Waals surface area contributed by atoms with Crippen LogP contribution in [0, 0.1) is 13.8 Å². The van der Waals surface area contributed by atoms with Crippen molar-refractivity contribution < 1.29 is 9.21 Å². The summed E-state index contributed by atoms with van der Waals surface area (Å²) in [6.07, 6.45) is 0.187. The topological polar surface area (TPSA) is 58.4 Å². The molecule has 1 aromatic carbocycles. The van der Waals surface area contributed by atoms with Gasteiger partial charge >= 0.3 is 0 Å². The first kappa shape index (κ1) is 20.0. The zero-order chi connectivity index (χ0) is 19.5. The van der Waals surface area contributed by atoms with Gasteiger partial charge in [0.05, 0.1) is 12.1 Å². The number of hydrogen-bond acceptors (Lipinski definition) is 4. The van der Waals surface area contributed by atoms with E-state index in [2.05, 4.69) is 35.1 Å². The maximum absolute atomic E-state index is 12.5. The molecule has 0 aliphatic carbocycles. The highest BCUT2D eigenvalue weighted by atomic mass is 16.4. The predicted octanol–water partition coefficient (Wildman–Crippen LogP) is 4.62. The fourth-order valence-corrected chi connectivity index (χ4v) is 2.83. The van der Waals surface area contributed by atoms with E-state index in [4.69, 9.17) is 4.42 Å². The molecule has 0 saturated carbocycles. The maximum Gasteiger partial charge on any atom is 0.232 e. The minimum atomic E-state index is -0.170. The lowest BCUT2D eigenvalue weighted by Gasteiger charge is -2.22. The molecule has 0 fully saturated rings. The average molecular weight is 357 g/mol. The van der Waals surface area contributed by atoms with E-state index in [9.17, 15) is 4.79 Å². The van der Waals surface area contributed by atoms with Gasteiger partial charge in [0.25, 0.3) is 0 Å². The van der Waals surface area contributed by atoms with Gasteiger partial charge in [0.15, 0.2) is 5.89 Å². The van der Waals surface area contributed by atoms with Crippen molar-refractivity contribution >= 4 is 17.3 Å². The van der Waals surface area contributed by atoms with E-state index in [0.717, 1.165) is 30.0 Å². The van der Waals surface area contributed by atoms with Crippen molar-refractivity contribution in [2.75, 3.05) is 23.3 Å². The second-order valence-electron chi connectivity index (χ2n) is 7.67. The summed E-state index contributed by atoms with van der Waals surface area (Å²) in [6, 6.07) is 6.13. The van der Waals surface area contributed by atoms with Gasteiger partial charge in [-0.15, -0.1) is 0 Å². The van der Waals surface area contributed by atoms with E-state index >= 15 is 0 Å². The summed E-state index contributed by atoms with van der Waals surface area (Å²) < 4.78 is 5.82. The Hall–Kier alpha value is -2.30. The molecule has 5 nitrogen and oxygen atoms in total. The minimum Gasteiger partial charge on any atom is -0.444 e. The zero-order valence-electron chi connectivity index (χ0n) is 17.1. The van der Waals surface area contributed by atoms with Gasteiger partial charge in [-0.3, -0.25) is 4.79 Å². The zero-order valence-corrected chi connectivity index (χ0v) is 17.1. The van der Waals surface area contributed by atoms with Crippen LogP contribution < -0.4 is 10.2 Å². The van der Waals surface area contributed by atoms with Crippen LogP contribution in [-0.4, -0.2) is 24.0 Å². The predicted molar refractivity (Wildman–Crippen MR) is 107 cm³/mol. The number of rotatable bonds is 6. The third-order valence-electron chi connectivity index (χ3n) is 4.47. The normalized spacial score (nSPS) is 11.5. The molecule has 2 aromatic rings. The highest BCUT2D eigenvalue weighted by molar-refractivity contribution is 5.93. The van der Waals surface area contributed by atoms with E-state index in [1.54, 1.807) is 0 Å². The molecule has 0 aliphatic heterocycles. The molecule has 0 radical (unpaired) electrons. The second kappa shape index (κ2) is 7.94. The van der Waals surface area contributed by atoms with Crippen LogP contribution in [0.3, 0.4) is 0 Å². The molecule has 26 heavy (non-hydrogen) atoms. The van der Waals surface area contributed by atoms with Crippen molar-refractivity contribution in [3.05, 3.63) is 41.1 Å². The largest absolute Gasteiger partial charge is 0.444 e. The first-order chi connectivity index (χ1) is 12.2. The van der Waals surface area contributed by atoms with Crippen molar-refractivity contribution in [2.45, 2.75) is 60.3 Å². The van der Waals surface area contributed by atoms with Crippen molar-refractivity contribution in [2.24, 2.45) is 0 Å². The fourth-order valence-electron chi connectivity index (χ4n) is 2.83. The van der Waals surface area contributed by atoms with Crippen LogP contribution in [0.4, 0.5) is 11.4 Å². The Morgan fingerprint density at radius 1 is 1.19 bits per heavy atom. The standard InChI is InChI=1S/C21H31N3O2/c1-8-24(9-2)16-10-11-17(14(3)12-16)23-19(25)13-18-15(4)22-20(26-18)21(5,6)7/h10-12H,8-9,13H2,1-7H3,(H,23,25). The Kier molecular flexibility index (Phi) is 6.11. The van der Waals surface area contributed by atoms with Crippen molar-refractivity contribution in [3.63, 3.8) is 0 Å². The summed E-state index contributed by atoms with van der Waals surface area (Å²) in [4.78, 5) is 19.2. The molecule has 1 heterocycles. The summed E-state index contributed by atoms with van der Waals surface area (Å²) in [6.45, 7) is 16.2. The number of aromatic nitrogens is 1. The van der Waals surface area contributed by atoms with E-state index in [0.29, 0.717) is 11.7 Å². The quantitative estimate of drug-likeness (QED) is 0.820. The maximum atomic E-state index is 12.5. The van der Waals surface area contributed by atoms with Crippen molar-refractivity contribution in [1.29, 1.82) is 0 Å². The molecular weight excluding hydrogens is 326 g/mol. The van der Waals surface area contributed by atoms with Crippen molar-refractivity contribution in [3.8, 4) is 0 Å². The first-order valence-electron chi connectivity index (χ1n) is 9.28. The molecule has 0 atom stereocenters. The number of benzene rings is 1. The Labute approximate surface area is 156 Å². The lowest BCUT2D eigenvalue weighted by molar-refractivity contribution is -0.115. The molecule has 0 bridgehead atoms. The first-order valence-corrected chi connectivity index (χ1v) is 9.28. The number of anilines is 2. The van der Waals surface area contributed by atoms with Gasteiger partial charge in [-0.05, 0) is 51.5 Å². The van der Waals surface area contributed by atoms with E-state index in [1.807, 2.05) is 46.8 Å². The summed E-state index contributed by atoms with van der Waals surface area (Å²) >= 11 is 0. The van der Waals surface area contributed by atoms with E-state index in [-0.39, 0.29) is 17.7 Å². The molecule has 1 aromatic heterocycles. The van der Waals surface area contributed by atoms with Crippen LogP contribution in [0.15, 0.2) is 22.6 Å². The van der Waals surface area contributed by atoms with Gasteiger partial charge in [0.2, 0.25) is 5.91 Å². The fraction of sp³-hybridized carbons (Fsp3) is 0.524. The SMILES string of the molecule is CCN(CC)c1ccc(NC(=O)Cc2oc(C(C)(C)C)nc2C)c(C)c1. The van der Waals surface area contributed by atoms with Gasteiger partial charge in [-0.25, -0.2) is 4.98 Å². The number of nitrogens with one attached hydrogen (secondary N) is 1. The number of aryl methyl sites for hydroxylation is 2. The van der Waals surface area contributed by atoms with Gasteiger partial charge < -0.3 is 14.6 Å². The molecule has 0 saturated heterocycles. The number of carbonyl (C=O) groups excluding carboxylic acids is 1. The average Bonchev–Trinajstić information content (AvgIpc) is 2.92.